The maximum Gasteiger partial charge on any atom is 0.227 e. The Bertz CT molecular complexity index is 934. The van der Waals surface area contributed by atoms with Gasteiger partial charge >= 0.3 is 0 Å². The molecule has 2 amide bonds. The van der Waals surface area contributed by atoms with Crippen LogP contribution >= 0.6 is 0 Å². The SMILES string of the molecule is CCC(C(=O)NCCCN1CCC(c2cc(NC(=O)C(C)C)ccc2C)CC1)c1ccccc1. The molecular formula is C29H41N3O2. The van der Waals surface area contributed by atoms with Crippen LogP contribution in [0.4, 0.5) is 5.69 Å². The molecule has 34 heavy (non-hydrogen) atoms. The summed E-state index contributed by atoms with van der Waals surface area (Å²) in [6.07, 6.45) is 4.03. The zero-order valence-corrected chi connectivity index (χ0v) is 21.3. The summed E-state index contributed by atoms with van der Waals surface area (Å²) >= 11 is 0. The van der Waals surface area contributed by atoms with E-state index in [0.29, 0.717) is 5.92 Å². The summed E-state index contributed by atoms with van der Waals surface area (Å²) in [6, 6.07) is 16.3. The van der Waals surface area contributed by atoms with Crippen molar-refractivity contribution in [2.24, 2.45) is 5.92 Å². The number of nitrogens with one attached hydrogen (secondary N) is 2. The van der Waals surface area contributed by atoms with Gasteiger partial charge < -0.3 is 15.5 Å². The molecule has 5 nitrogen and oxygen atoms in total. The first kappa shape index (κ1) is 26.0. The van der Waals surface area contributed by atoms with Crippen molar-refractivity contribution in [3.63, 3.8) is 0 Å². The van der Waals surface area contributed by atoms with Crippen molar-refractivity contribution in [2.75, 3.05) is 31.5 Å². The van der Waals surface area contributed by atoms with E-state index < -0.39 is 0 Å². The molecule has 2 aromatic rings. The minimum absolute atomic E-state index is 0.0241. The van der Waals surface area contributed by atoms with Gasteiger partial charge in [0.25, 0.3) is 0 Å². The van der Waals surface area contributed by atoms with Gasteiger partial charge in [0, 0.05) is 18.2 Å². The van der Waals surface area contributed by atoms with Gasteiger partial charge in [-0.15, -0.1) is 0 Å². The highest BCUT2D eigenvalue weighted by Crippen LogP contribution is 2.32. The molecule has 2 N–H and O–H groups in total. The highest BCUT2D eigenvalue weighted by Gasteiger charge is 2.23. The van der Waals surface area contributed by atoms with Gasteiger partial charge in [0.2, 0.25) is 11.8 Å². The Morgan fingerprint density at radius 1 is 1.03 bits per heavy atom. The molecule has 1 aliphatic heterocycles. The van der Waals surface area contributed by atoms with E-state index in [-0.39, 0.29) is 23.7 Å². The molecule has 0 saturated carbocycles. The second kappa shape index (κ2) is 12.7. The number of aryl methyl sites for hydroxylation is 1. The first-order valence-corrected chi connectivity index (χ1v) is 12.9. The van der Waals surface area contributed by atoms with Crippen molar-refractivity contribution >= 4 is 17.5 Å². The predicted molar refractivity (Wildman–Crippen MR) is 140 cm³/mol. The van der Waals surface area contributed by atoms with E-state index in [0.717, 1.165) is 63.1 Å². The molecule has 0 aromatic heterocycles. The highest BCUT2D eigenvalue weighted by molar-refractivity contribution is 5.92. The van der Waals surface area contributed by atoms with Crippen molar-refractivity contribution in [1.82, 2.24) is 10.2 Å². The van der Waals surface area contributed by atoms with Crippen molar-refractivity contribution < 1.29 is 9.59 Å². The zero-order chi connectivity index (χ0) is 24.5. The summed E-state index contributed by atoms with van der Waals surface area (Å²) in [4.78, 5) is 27.2. The fraction of sp³-hybridized carbons (Fsp3) is 0.517. The van der Waals surface area contributed by atoms with Crippen LogP contribution in [0.5, 0.6) is 0 Å². The number of nitrogens with zero attached hydrogens (tertiary/aromatic N) is 1. The summed E-state index contributed by atoms with van der Waals surface area (Å²) in [5.74, 6) is 0.631. The highest BCUT2D eigenvalue weighted by atomic mass is 16.2. The summed E-state index contributed by atoms with van der Waals surface area (Å²) in [5.41, 5.74) is 4.65. The van der Waals surface area contributed by atoms with E-state index in [9.17, 15) is 9.59 Å². The number of hydrogen-bond acceptors (Lipinski definition) is 3. The predicted octanol–water partition coefficient (Wildman–Crippen LogP) is 5.47. The third-order valence-electron chi connectivity index (χ3n) is 6.98. The monoisotopic (exact) mass is 463 g/mol. The average molecular weight is 464 g/mol. The van der Waals surface area contributed by atoms with E-state index in [1.54, 1.807) is 0 Å². The normalized spacial score (nSPS) is 15.8. The second-order valence-corrected chi connectivity index (χ2v) is 9.85. The van der Waals surface area contributed by atoms with Crippen LogP contribution in [0.15, 0.2) is 48.5 Å². The molecule has 0 radical (unpaired) electrons. The number of piperidine rings is 1. The quantitative estimate of drug-likeness (QED) is 0.459. The van der Waals surface area contributed by atoms with Crippen molar-refractivity contribution in [3.8, 4) is 0 Å². The second-order valence-electron chi connectivity index (χ2n) is 9.85. The Labute approximate surface area is 205 Å². The molecule has 0 aliphatic carbocycles. The summed E-state index contributed by atoms with van der Waals surface area (Å²) in [5, 5.41) is 6.18. The van der Waals surface area contributed by atoms with Gasteiger partial charge in [0.1, 0.15) is 0 Å². The standard InChI is InChI=1S/C29H41N3O2/c1-5-26(23-10-7-6-8-11-23)29(34)30-16-9-17-32-18-14-24(15-19-32)27-20-25(13-12-22(27)4)31-28(33)21(2)3/h6-8,10-13,20-21,24,26H,5,9,14-19H2,1-4H3,(H,30,34)(H,31,33). The van der Waals surface area contributed by atoms with Gasteiger partial charge in [-0.05, 0) is 87.0 Å². The zero-order valence-electron chi connectivity index (χ0n) is 21.3. The van der Waals surface area contributed by atoms with Gasteiger partial charge in [-0.3, -0.25) is 9.59 Å². The molecule has 1 atom stereocenters. The summed E-state index contributed by atoms with van der Waals surface area (Å²) in [6.45, 7) is 11.9. The van der Waals surface area contributed by atoms with Crippen LogP contribution in [-0.2, 0) is 9.59 Å². The van der Waals surface area contributed by atoms with Crippen LogP contribution in [0.3, 0.4) is 0 Å². The van der Waals surface area contributed by atoms with E-state index in [1.165, 1.54) is 11.1 Å². The number of benzene rings is 2. The lowest BCUT2D eigenvalue weighted by atomic mass is 9.86. The average Bonchev–Trinajstić information content (AvgIpc) is 2.84. The number of hydrogen-bond donors (Lipinski definition) is 2. The van der Waals surface area contributed by atoms with Crippen LogP contribution in [-0.4, -0.2) is 42.9 Å². The lowest BCUT2D eigenvalue weighted by molar-refractivity contribution is -0.122. The van der Waals surface area contributed by atoms with Gasteiger partial charge in [-0.1, -0.05) is 57.2 Å². The Hall–Kier alpha value is -2.66. The topological polar surface area (TPSA) is 61.4 Å². The molecule has 5 heteroatoms. The number of carbonyl (C=O) groups is 2. The third-order valence-corrected chi connectivity index (χ3v) is 6.98. The van der Waals surface area contributed by atoms with E-state index in [1.807, 2.05) is 50.2 Å². The molecule has 1 heterocycles. The number of carbonyl (C=O) groups excluding carboxylic acids is 2. The Morgan fingerprint density at radius 2 is 1.74 bits per heavy atom. The first-order valence-electron chi connectivity index (χ1n) is 12.9. The van der Waals surface area contributed by atoms with Crippen LogP contribution in [0.2, 0.25) is 0 Å². The Morgan fingerprint density at radius 3 is 2.38 bits per heavy atom. The van der Waals surface area contributed by atoms with Gasteiger partial charge in [0.15, 0.2) is 0 Å². The molecule has 1 saturated heterocycles. The molecule has 184 valence electrons. The fourth-order valence-corrected chi connectivity index (χ4v) is 4.81. The van der Waals surface area contributed by atoms with Crippen LogP contribution in [0.25, 0.3) is 0 Å². The van der Waals surface area contributed by atoms with Crippen molar-refractivity contribution in [2.45, 2.75) is 65.2 Å². The minimum Gasteiger partial charge on any atom is -0.356 e. The summed E-state index contributed by atoms with van der Waals surface area (Å²) in [7, 11) is 0. The summed E-state index contributed by atoms with van der Waals surface area (Å²) < 4.78 is 0. The molecule has 0 spiro atoms. The first-order chi connectivity index (χ1) is 16.4. The van der Waals surface area contributed by atoms with Crippen LogP contribution < -0.4 is 10.6 Å². The minimum atomic E-state index is -0.0683. The lowest BCUT2D eigenvalue weighted by Crippen LogP contribution is -2.36. The lowest BCUT2D eigenvalue weighted by Gasteiger charge is -2.33. The fourth-order valence-electron chi connectivity index (χ4n) is 4.81. The van der Waals surface area contributed by atoms with Crippen molar-refractivity contribution in [1.29, 1.82) is 0 Å². The third kappa shape index (κ3) is 7.17. The molecule has 2 aromatic carbocycles. The number of rotatable bonds is 10. The smallest absolute Gasteiger partial charge is 0.227 e. The van der Waals surface area contributed by atoms with Gasteiger partial charge in [0.05, 0.1) is 5.92 Å². The number of amides is 2. The number of likely N-dealkylation sites (tertiary alicyclic amines) is 1. The molecule has 1 unspecified atom stereocenters. The Kier molecular flexibility index (Phi) is 9.70. The Balaban J connectivity index is 1.42. The van der Waals surface area contributed by atoms with E-state index >= 15 is 0 Å². The van der Waals surface area contributed by atoms with Gasteiger partial charge in [-0.2, -0.15) is 0 Å². The molecule has 3 rings (SSSR count). The van der Waals surface area contributed by atoms with E-state index in [2.05, 4.69) is 41.5 Å². The van der Waals surface area contributed by atoms with E-state index in [4.69, 9.17) is 0 Å². The molecular weight excluding hydrogens is 422 g/mol. The number of anilines is 1. The van der Waals surface area contributed by atoms with Crippen molar-refractivity contribution in [3.05, 3.63) is 65.2 Å². The van der Waals surface area contributed by atoms with Gasteiger partial charge in [-0.25, -0.2) is 0 Å². The largest absolute Gasteiger partial charge is 0.356 e. The van der Waals surface area contributed by atoms with Crippen LogP contribution in [0, 0.1) is 12.8 Å². The maximum atomic E-state index is 12.6. The molecule has 1 aliphatic rings. The molecule has 1 fully saturated rings. The van der Waals surface area contributed by atoms with Crippen LogP contribution in [0.1, 0.15) is 75.0 Å². The maximum absolute atomic E-state index is 12.6. The molecule has 0 bridgehead atoms.